The number of unbranched alkanes of at least 4 members (excludes halogenated alkanes) is 1. The molecule has 0 aliphatic rings. The quantitative estimate of drug-likeness (QED) is 0.662. The second-order valence-electron chi connectivity index (χ2n) is 4.49. The molecule has 0 saturated carbocycles. The summed E-state index contributed by atoms with van der Waals surface area (Å²) in [6.45, 7) is 5.31. The van der Waals surface area contributed by atoms with Crippen molar-refractivity contribution in [2.45, 2.75) is 26.7 Å². The highest BCUT2D eigenvalue weighted by Gasteiger charge is 2.17. The number of rotatable bonds is 5. The van der Waals surface area contributed by atoms with Gasteiger partial charge in [0.2, 0.25) is 0 Å². The van der Waals surface area contributed by atoms with Gasteiger partial charge in [-0.15, -0.1) is 0 Å². The standard InChI is InChI=1S/C14H20N3S/c1-4-5-9-15-14-16-17(3)13(18-14)12-8-6-7-11(2)10-12/h6-8,10H,4-5,9H2,1-3H3,(H,15,16)/q+1. The van der Waals surface area contributed by atoms with E-state index in [4.69, 9.17) is 0 Å². The number of nitrogens with one attached hydrogen (secondary N) is 1. The van der Waals surface area contributed by atoms with Crippen LogP contribution in [0, 0.1) is 6.92 Å². The third kappa shape index (κ3) is 3.07. The van der Waals surface area contributed by atoms with Gasteiger partial charge in [0.1, 0.15) is 0 Å². The first-order chi connectivity index (χ1) is 8.70. The number of anilines is 1. The largest absolute Gasteiger partial charge is 0.356 e. The van der Waals surface area contributed by atoms with E-state index < -0.39 is 0 Å². The Labute approximate surface area is 112 Å². The molecule has 0 spiro atoms. The van der Waals surface area contributed by atoms with Gasteiger partial charge in [-0.2, -0.15) is 0 Å². The Kier molecular flexibility index (Phi) is 4.31. The Hall–Kier alpha value is -1.42. The molecule has 0 amide bonds. The molecule has 3 nitrogen and oxygen atoms in total. The Morgan fingerprint density at radius 3 is 2.94 bits per heavy atom. The smallest absolute Gasteiger partial charge is 0.297 e. The highest BCUT2D eigenvalue weighted by atomic mass is 32.1. The van der Waals surface area contributed by atoms with Crippen molar-refractivity contribution in [3.63, 3.8) is 0 Å². The van der Waals surface area contributed by atoms with Crippen LogP contribution in [0.5, 0.6) is 0 Å². The van der Waals surface area contributed by atoms with Crippen molar-refractivity contribution in [1.82, 2.24) is 5.10 Å². The summed E-state index contributed by atoms with van der Waals surface area (Å²) in [7, 11) is 2.00. The zero-order chi connectivity index (χ0) is 13.0. The second kappa shape index (κ2) is 5.96. The minimum Gasteiger partial charge on any atom is -0.356 e. The van der Waals surface area contributed by atoms with Gasteiger partial charge in [-0.05, 0) is 36.8 Å². The minimum atomic E-state index is 0.997. The van der Waals surface area contributed by atoms with E-state index >= 15 is 0 Å². The van der Waals surface area contributed by atoms with Crippen molar-refractivity contribution in [2.75, 3.05) is 11.9 Å². The molecule has 0 aliphatic carbocycles. The fraction of sp³-hybridized carbons (Fsp3) is 0.429. The van der Waals surface area contributed by atoms with Crippen molar-refractivity contribution in [1.29, 1.82) is 0 Å². The topological polar surface area (TPSA) is 28.8 Å². The van der Waals surface area contributed by atoms with Crippen LogP contribution < -0.4 is 10.00 Å². The van der Waals surface area contributed by atoms with E-state index in [1.165, 1.54) is 29.0 Å². The first-order valence-electron chi connectivity index (χ1n) is 6.38. The van der Waals surface area contributed by atoms with Crippen LogP contribution in [0.15, 0.2) is 24.3 Å². The molecule has 0 fully saturated rings. The molecule has 2 rings (SSSR count). The van der Waals surface area contributed by atoms with Gasteiger partial charge in [0.05, 0.1) is 5.56 Å². The lowest BCUT2D eigenvalue weighted by atomic mass is 10.1. The highest BCUT2D eigenvalue weighted by Crippen LogP contribution is 2.25. The van der Waals surface area contributed by atoms with Crippen LogP contribution in [0.4, 0.5) is 5.13 Å². The van der Waals surface area contributed by atoms with Gasteiger partial charge in [0, 0.05) is 11.6 Å². The molecule has 1 aromatic heterocycles. The third-order valence-corrected chi connectivity index (χ3v) is 3.91. The van der Waals surface area contributed by atoms with Crippen LogP contribution in [0.25, 0.3) is 10.6 Å². The van der Waals surface area contributed by atoms with Crippen LogP contribution in [-0.4, -0.2) is 11.6 Å². The predicted molar refractivity (Wildman–Crippen MR) is 76.9 cm³/mol. The molecule has 1 aromatic carbocycles. The van der Waals surface area contributed by atoms with Gasteiger partial charge < -0.3 is 5.32 Å². The van der Waals surface area contributed by atoms with Crippen LogP contribution in [-0.2, 0) is 7.05 Å². The minimum absolute atomic E-state index is 0.997. The van der Waals surface area contributed by atoms with E-state index in [2.05, 4.69) is 48.5 Å². The van der Waals surface area contributed by atoms with Crippen molar-refractivity contribution in [2.24, 2.45) is 7.05 Å². The van der Waals surface area contributed by atoms with Crippen LogP contribution >= 0.6 is 11.3 Å². The second-order valence-corrected chi connectivity index (χ2v) is 5.46. The molecular formula is C14H20N3S+. The molecule has 0 radical (unpaired) electrons. The van der Waals surface area contributed by atoms with E-state index in [1.54, 1.807) is 11.3 Å². The average Bonchev–Trinajstić information content (AvgIpc) is 2.71. The Bertz CT molecular complexity index is 520. The number of aryl methyl sites for hydroxylation is 2. The lowest BCUT2D eigenvalue weighted by Crippen LogP contribution is -2.32. The van der Waals surface area contributed by atoms with Gasteiger partial charge in [-0.3, -0.25) is 0 Å². The SMILES string of the molecule is CCCCNc1n[n+](C)c(-c2cccc(C)c2)s1. The zero-order valence-electron chi connectivity index (χ0n) is 11.2. The summed E-state index contributed by atoms with van der Waals surface area (Å²) in [5.74, 6) is 0. The van der Waals surface area contributed by atoms with Crippen LogP contribution in [0.1, 0.15) is 25.3 Å². The summed E-state index contributed by atoms with van der Waals surface area (Å²) >= 11 is 1.71. The van der Waals surface area contributed by atoms with Crippen molar-refractivity contribution < 1.29 is 4.68 Å². The Balaban J connectivity index is 2.18. The van der Waals surface area contributed by atoms with Crippen molar-refractivity contribution in [3.8, 4) is 10.6 Å². The van der Waals surface area contributed by atoms with Gasteiger partial charge >= 0.3 is 0 Å². The first-order valence-corrected chi connectivity index (χ1v) is 7.20. The number of hydrogen-bond donors (Lipinski definition) is 1. The number of hydrogen-bond acceptors (Lipinski definition) is 3. The van der Waals surface area contributed by atoms with Gasteiger partial charge in [-0.25, -0.2) is 0 Å². The summed E-state index contributed by atoms with van der Waals surface area (Å²) in [5, 5.41) is 10.1. The molecular weight excluding hydrogens is 242 g/mol. The van der Waals surface area contributed by atoms with E-state index in [0.717, 1.165) is 11.7 Å². The molecule has 0 atom stereocenters. The first kappa shape index (κ1) is 13.0. The molecule has 1 heterocycles. The maximum Gasteiger partial charge on any atom is 0.297 e. The monoisotopic (exact) mass is 262 g/mol. The fourth-order valence-corrected chi connectivity index (χ4v) is 2.77. The third-order valence-electron chi connectivity index (χ3n) is 2.80. The molecule has 96 valence electrons. The van der Waals surface area contributed by atoms with Gasteiger partial charge in [0.25, 0.3) is 10.1 Å². The Morgan fingerprint density at radius 2 is 2.22 bits per heavy atom. The summed E-state index contributed by atoms with van der Waals surface area (Å²) in [6, 6.07) is 8.54. The summed E-state index contributed by atoms with van der Waals surface area (Å²) in [6.07, 6.45) is 2.39. The molecule has 1 N–H and O–H groups in total. The number of benzene rings is 1. The highest BCUT2D eigenvalue weighted by molar-refractivity contribution is 7.18. The number of nitrogens with zero attached hydrogens (tertiary/aromatic N) is 2. The summed E-state index contributed by atoms with van der Waals surface area (Å²) in [4.78, 5) is 0. The molecule has 0 unspecified atom stereocenters. The van der Waals surface area contributed by atoms with Gasteiger partial charge in [-0.1, -0.05) is 35.7 Å². The maximum absolute atomic E-state index is 4.51. The normalized spacial score (nSPS) is 10.6. The lowest BCUT2D eigenvalue weighted by Gasteiger charge is -1.96. The summed E-state index contributed by atoms with van der Waals surface area (Å²) < 4.78 is 1.95. The molecule has 0 bridgehead atoms. The molecule has 18 heavy (non-hydrogen) atoms. The molecule has 2 aromatic rings. The predicted octanol–water partition coefficient (Wildman–Crippen LogP) is 3.16. The maximum atomic E-state index is 4.51. The van der Waals surface area contributed by atoms with Crippen LogP contribution in [0.3, 0.4) is 0 Å². The average molecular weight is 262 g/mol. The fourth-order valence-electron chi connectivity index (χ4n) is 1.83. The molecule has 4 heteroatoms. The molecule has 0 saturated heterocycles. The van der Waals surface area contributed by atoms with Gasteiger partial charge in [0.15, 0.2) is 7.05 Å². The van der Waals surface area contributed by atoms with Crippen molar-refractivity contribution >= 4 is 16.5 Å². The van der Waals surface area contributed by atoms with Crippen LogP contribution in [0.2, 0.25) is 0 Å². The zero-order valence-corrected chi connectivity index (χ0v) is 12.0. The van der Waals surface area contributed by atoms with E-state index in [-0.39, 0.29) is 0 Å². The van der Waals surface area contributed by atoms with E-state index in [1.807, 2.05) is 11.7 Å². The Morgan fingerprint density at radius 1 is 1.39 bits per heavy atom. The summed E-state index contributed by atoms with van der Waals surface area (Å²) in [5.41, 5.74) is 2.51. The van der Waals surface area contributed by atoms with Crippen molar-refractivity contribution in [3.05, 3.63) is 29.8 Å². The lowest BCUT2D eigenvalue weighted by molar-refractivity contribution is -0.714. The van der Waals surface area contributed by atoms with E-state index in [9.17, 15) is 0 Å². The number of aromatic nitrogens is 2. The van der Waals surface area contributed by atoms with E-state index in [0.29, 0.717) is 0 Å². The molecule has 0 aliphatic heterocycles.